The van der Waals surface area contributed by atoms with E-state index in [0.717, 1.165) is 4.90 Å². The maximum Gasteiger partial charge on any atom is 0.410 e. The van der Waals surface area contributed by atoms with Crippen molar-refractivity contribution in [3.8, 4) is 0 Å². The Morgan fingerprint density at radius 1 is 0.637 bits per heavy atom. The first-order chi connectivity index (χ1) is 48.8. The third kappa shape index (κ3) is 30.4. The maximum atomic E-state index is 14.3. The number of methoxy groups -OCH3 is 2. The fourth-order valence-electron chi connectivity index (χ4n) is 12.1. The highest BCUT2D eigenvalue weighted by Crippen LogP contribution is 2.30. The van der Waals surface area contributed by atoms with Crippen molar-refractivity contribution in [2.24, 2.45) is 29.4 Å². The number of nitrogens with two attached hydrogens (primary N) is 1. The van der Waals surface area contributed by atoms with Crippen LogP contribution < -0.4 is 32.3 Å². The van der Waals surface area contributed by atoms with Gasteiger partial charge in [-0.25, -0.2) is 4.79 Å². The quantitative estimate of drug-likeness (QED) is 0.0570. The van der Waals surface area contributed by atoms with Crippen LogP contribution in [-0.2, 0) is 92.3 Å². The smallest absolute Gasteiger partial charge is 0.410 e. The van der Waals surface area contributed by atoms with Crippen LogP contribution in [0.25, 0.3) is 0 Å². The number of carbonyl (C=O) groups is 9. The number of aliphatic hydroxyl groups is 1. The minimum Gasteiger partial charge on any atom is -0.445 e. The van der Waals surface area contributed by atoms with E-state index in [2.05, 4.69) is 26.6 Å². The number of nitrogens with one attached hydrogen (secondary N) is 5. The molecule has 2 aromatic carbocycles. The summed E-state index contributed by atoms with van der Waals surface area (Å²) in [5.41, 5.74) is 7.95. The molecule has 0 aromatic heterocycles. The minimum atomic E-state index is -1.05. The van der Waals surface area contributed by atoms with Crippen LogP contribution >= 0.6 is 0 Å². The molecule has 0 saturated carbocycles. The highest BCUT2D eigenvalue weighted by molar-refractivity contribution is 5.96. The number of hydrogen-bond acceptors (Lipinski definition) is 21. The molecular formula is C72H118N10O20. The van der Waals surface area contributed by atoms with Crippen molar-refractivity contribution in [3.05, 3.63) is 65.7 Å². The largest absolute Gasteiger partial charge is 0.445 e. The number of carbonyl (C=O) groups excluding carboxylic acids is 9. The van der Waals surface area contributed by atoms with Gasteiger partial charge in [0.25, 0.3) is 0 Å². The third-order valence-electron chi connectivity index (χ3n) is 18.2. The summed E-state index contributed by atoms with van der Waals surface area (Å²) in [7, 11) is 6.03. The van der Waals surface area contributed by atoms with Crippen molar-refractivity contribution in [1.82, 2.24) is 40.9 Å². The second kappa shape index (κ2) is 48.1. The number of rotatable bonds is 31. The van der Waals surface area contributed by atoms with Gasteiger partial charge in [-0.15, -0.1) is 0 Å². The molecule has 0 spiro atoms. The van der Waals surface area contributed by atoms with E-state index in [1.54, 1.807) is 89.9 Å². The Kier molecular flexibility index (Phi) is 41.3. The zero-order chi connectivity index (χ0) is 75.1. The van der Waals surface area contributed by atoms with Gasteiger partial charge in [0.15, 0.2) is 0 Å². The molecule has 8 N–H and O–H groups in total. The summed E-state index contributed by atoms with van der Waals surface area (Å²) >= 11 is 0. The van der Waals surface area contributed by atoms with E-state index in [1.165, 1.54) is 31.1 Å². The predicted octanol–water partition coefficient (Wildman–Crippen LogP) is 2.82. The summed E-state index contributed by atoms with van der Waals surface area (Å²) in [5.74, 6) is -5.30. The fraction of sp³-hybridized carbons (Fsp3) is 0.708. The van der Waals surface area contributed by atoms with Crippen molar-refractivity contribution in [2.45, 2.75) is 155 Å². The number of hydrogen-bond donors (Lipinski definition) is 7. The molecule has 11 atom stereocenters. The summed E-state index contributed by atoms with van der Waals surface area (Å²) in [6.45, 7) is 19.2. The molecule has 4 rings (SSSR count). The van der Waals surface area contributed by atoms with Gasteiger partial charge in [0.2, 0.25) is 47.3 Å². The Labute approximate surface area is 602 Å². The van der Waals surface area contributed by atoms with Crippen LogP contribution in [0, 0.1) is 23.7 Å². The highest BCUT2D eigenvalue weighted by atomic mass is 16.6. The average Bonchev–Trinajstić information content (AvgIpc) is 1.41. The Balaban J connectivity index is 1.22. The lowest BCUT2D eigenvalue weighted by Crippen LogP contribution is -2.56. The van der Waals surface area contributed by atoms with Gasteiger partial charge in [-0.2, -0.15) is 0 Å². The monoisotopic (exact) mass is 1440 g/mol. The van der Waals surface area contributed by atoms with Crippen molar-refractivity contribution >= 4 is 59.0 Å². The summed E-state index contributed by atoms with van der Waals surface area (Å²) in [4.78, 5) is 129. The summed E-state index contributed by atoms with van der Waals surface area (Å²) in [6.07, 6.45) is -1.50. The van der Waals surface area contributed by atoms with Gasteiger partial charge in [0, 0.05) is 60.1 Å². The summed E-state index contributed by atoms with van der Waals surface area (Å²) in [5, 5.41) is 24.6. The van der Waals surface area contributed by atoms with E-state index in [0.29, 0.717) is 122 Å². The molecule has 0 aliphatic carbocycles. The summed E-state index contributed by atoms with van der Waals surface area (Å²) in [6, 6.07) is 10.7. The molecule has 0 bridgehead atoms. The van der Waals surface area contributed by atoms with Crippen LogP contribution in [0.5, 0.6) is 0 Å². The molecule has 2 saturated heterocycles. The zero-order valence-corrected chi connectivity index (χ0v) is 62.2. The molecule has 11 unspecified atom stereocenters. The van der Waals surface area contributed by atoms with E-state index < -0.39 is 121 Å². The second-order valence-electron chi connectivity index (χ2n) is 26.4. The normalized spacial score (nSPS) is 19.0. The van der Waals surface area contributed by atoms with Crippen LogP contribution in [0.15, 0.2) is 54.6 Å². The molecule has 2 aliphatic heterocycles. The first kappa shape index (κ1) is 87.4. The van der Waals surface area contributed by atoms with Gasteiger partial charge >= 0.3 is 6.09 Å². The number of ether oxygens (including phenoxy) is 10. The van der Waals surface area contributed by atoms with Gasteiger partial charge in [-0.1, -0.05) is 97.4 Å². The Hall–Kier alpha value is -6.97. The van der Waals surface area contributed by atoms with E-state index in [1.807, 2.05) is 32.0 Å². The Morgan fingerprint density at radius 2 is 1.18 bits per heavy atom. The van der Waals surface area contributed by atoms with Crippen molar-refractivity contribution in [2.75, 3.05) is 159 Å². The zero-order valence-electron chi connectivity index (χ0n) is 62.2. The van der Waals surface area contributed by atoms with Crippen LogP contribution in [0.2, 0.25) is 0 Å². The van der Waals surface area contributed by atoms with Gasteiger partial charge in [0.1, 0.15) is 18.7 Å². The van der Waals surface area contributed by atoms with Gasteiger partial charge in [-0.05, 0) is 67.2 Å². The molecule has 576 valence electrons. The third-order valence-corrected chi connectivity index (χ3v) is 18.2. The van der Waals surface area contributed by atoms with Gasteiger partial charge < -0.3 is 99.5 Å². The fourth-order valence-corrected chi connectivity index (χ4v) is 12.1. The van der Waals surface area contributed by atoms with E-state index in [9.17, 15) is 48.3 Å². The molecule has 2 aromatic rings. The van der Waals surface area contributed by atoms with E-state index in [-0.39, 0.29) is 75.8 Å². The maximum absolute atomic E-state index is 14.3. The number of likely N-dealkylation sites (tertiary alicyclic amines) is 1. The van der Waals surface area contributed by atoms with Crippen molar-refractivity contribution in [1.29, 1.82) is 0 Å². The van der Waals surface area contributed by atoms with Crippen molar-refractivity contribution < 1.29 is 95.6 Å². The molecule has 2 heterocycles. The first-order valence-corrected chi connectivity index (χ1v) is 35.7. The summed E-state index contributed by atoms with van der Waals surface area (Å²) < 4.78 is 56.6. The topological polar surface area (TPSA) is 365 Å². The Bertz CT molecular complexity index is 2800. The van der Waals surface area contributed by atoms with Crippen molar-refractivity contribution in [3.63, 3.8) is 0 Å². The lowest BCUT2D eigenvalue weighted by molar-refractivity contribution is -0.146. The number of anilines is 1. The molecular weight excluding hydrogens is 1320 g/mol. The predicted molar refractivity (Wildman–Crippen MR) is 379 cm³/mol. The van der Waals surface area contributed by atoms with Crippen LogP contribution in [-0.4, -0.2) is 280 Å². The second-order valence-corrected chi connectivity index (χ2v) is 26.4. The molecule has 2 fully saturated rings. The standard InChI is InChI=1S/C72H118N10O20/c1-13-50(6)65(58(93-11)44-61(85)82-27-17-20-57(82)67(94-12)51(7)68(88)76-52(8)66(87)54-18-15-14-16-19-54)79(9)62(86)46-75-70(90)64(49(4)5)80(10)72(92)102-47-53-21-23-55(24-22-53)77-60(84)45-74-69(89)63(48(2)3)78-59(83)26-25-56(73)71(91)81-28-30-95-32-34-97-36-38-99-40-42-101-43-41-100-39-37-98-35-33-96-31-29-81/h14-16,18-19,21-24,48-52,56-58,63-67,87H,13,17,20,25-47,73H2,1-12H3,(H,74,89)(H,75,90)(H,76,88)(H,77,84)(H,78,83). The minimum absolute atomic E-state index is 0.0170. The number of benzene rings is 2. The number of amides is 9. The molecule has 30 heteroatoms. The highest BCUT2D eigenvalue weighted by Gasteiger charge is 2.43. The number of aliphatic hydroxyl groups excluding tert-OH is 1. The number of likely N-dealkylation sites (N-methyl/N-ethyl adjacent to an activating group) is 2. The van der Waals surface area contributed by atoms with Gasteiger partial charge in [0.05, 0.1) is 160 Å². The lowest BCUT2D eigenvalue weighted by atomic mass is 9.90. The van der Waals surface area contributed by atoms with Gasteiger partial charge in [-0.3, -0.25) is 43.3 Å². The van der Waals surface area contributed by atoms with Crippen LogP contribution in [0.3, 0.4) is 0 Å². The molecule has 0 radical (unpaired) electrons. The van der Waals surface area contributed by atoms with E-state index >= 15 is 0 Å². The SMILES string of the molecule is CCC(C)C(C(CC(=O)N1CCCC1C(OC)C(C)C(=O)NC(C)C(O)c1ccccc1)OC)N(C)C(=O)CNC(=O)C(C(C)C)N(C)C(=O)OCc1ccc(NC(=O)CNC(=O)C(NC(=O)CCC(N)C(=O)N2CCOCCOCCOCCOCCOCCOCCOCC2)C(C)C)cc1. The Morgan fingerprint density at radius 3 is 1.69 bits per heavy atom. The number of nitrogens with zero attached hydrogens (tertiary/aromatic N) is 4. The first-order valence-electron chi connectivity index (χ1n) is 35.7. The van der Waals surface area contributed by atoms with Crippen LogP contribution in [0.1, 0.15) is 111 Å². The van der Waals surface area contributed by atoms with E-state index in [4.69, 9.17) is 53.1 Å². The molecule has 2 aliphatic rings. The molecule has 9 amide bonds. The average molecular weight is 1440 g/mol. The molecule has 102 heavy (non-hydrogen) atoms. The lowest BCUT2D eigenvalue weighted by Gasteiger charge is -2.39. The molecule has 30 nitrogen and oxygen atoms in total. The van der Waals surface area contributed by atoms with Crippen LogP contribution in [0.4, 0.5) is 10.5 Å².